The van der Waals surface area contributed by atoms with Crippen LogP contribution in [0.1, 0.15) is 11.1 Å². The highest BCUT2D eigenvalue weighted by molar-refractivity contribution is 5.87. The molecule has 0 aliphatic heterocycles. The van der Waals surface area contributed by atoms with Crippen LogP contribution in [-0.2, 0) is 12.7 Å². The number of aromatic nitrogens is 1. The predicted molar refractivity (Wildman–Crippen MR) is 110 cm³/mol. The zero-order chi connectivity index (χ0) is 21.3. The van der Waals surface area contributed by atoms with Crippen LogP contribution in [0.2, 0.25) is 0 Å². The van der Waals surface area contributed by atoms with Crippen molar-refractivity contribution in [1.29, 1.82) is 0 Å². The molecule has 0 amide bonds. The van der Waals surface area contributed by atoms with Crippen molar-refractivity contribution in [1.82, 2.24) is 4.57 Å². The molecule has 3 nitrogen and oxygen atoms in total. The van der Waals surface area contributed by atoms with Crippen molar-refractivity contribution in [2.45, 2.75) is 12.7 Å². The van der Waals surface area contributed by atoms with Crippen molar-refractivity contribution in [3.8, 4) is 11.3 Å². The standard InChI is InChI=1S/C24H15F3N2O/c1-28-22-20(24(25,26)27)14-21(19-12-11-17-9-5-6-10-18(17)13-19)29(23(22)30)15-16-7-3-2-4-8-16/h2-14H,15H2. The van der Waals surface area contributed by atoms with Crippen molar-refractivity contribution in [3.05, 3.63) is 112 Å². The van der Waals surface area contributed by atoms with Gasteiger partial charge in [0.1, 0.15) is 0 Å². The van der Waals surface area contributed by atoms with Crippen molar-refractivity contribution in [2.24, 2.45) is 0 Å². The summed E-state index contributed by atoms with van der Waals surface area (Å²) in [5.74, 6) is 0. The van der Waals surface area contributed by atoms with Gasteiger partial charge in [0.2, 0.25) is 0 Å². The number of rotatable bonds is 3. The van der Waals surface area contributed by atoms with Crippen LogP contribution in [0.5, 0.6) is 0 Å². The molecule has 0 bridgehead atoms. The number of hydrogen-bond acceptors (Lipinski definition) is 1. The Morgan fingerprint density at radius 2 is 1.53 bits per heavy atom. The highest BCUT2D eigenvalue weighted by Crippen LogP contribution is 2.37. The summed E-state index contributed by atoms with van der Waals surface area (Å²) in [6, 6.07) is 22.6. The largest absolute Gasteiger partial charge is 0.407 e. The first-order valence-corrected chi connectivity index (χ1v) is 9.14. The SMILES string of the molecule is [C-]#[N+]c1c(C(F)(F)F)cc(-c2ccc3ccccc3c2)n(Cc2ccccc2)c1=O. The number of alkyl halides is 3. The van der Waals surface area contributed by atoms with E-state index in [1.807, 2.05) is 30.3 Å². The third-order valence-corrected chi connectivity index (χ3v) is 4.92. The van der Waals surface area contributed by atoms with E-state index < -0.39 is 23.0 Å². The lowest BCUT2D eigenvalue weighted by Crippen LogP contribution is -2.25. The summed E-state index contributed by atoms with van der Waals surface area (Å²) in [7, 11) is 0. The molecule has 148 valence electrons. The van der Waals surface area contributed by atoms with Gasteiger partial charge in [0.25, 0.3) is 11.2 Å². The maximum atomic E-state index is 13.6. The summed E-state index contributed by atoms with van der Waals surface area (Å²) in [4.78, 5) is 15.9. The van der Waals surface area contributed by atoms with Gasteiger partial charge in [0, 0.05) is 12.2 Å². The molecule has 0 aliphatic carbocycles. The number of halogens is 3. The van der Waals surface area contributed by atoms with Gasteiger partial charge < -0.3 is 4.57 Å². The van der Waals surface area contributed by atoms with Gasteiger partial charge in [-0.15, -0.1) is 0 Å². The molecule has 1 heterocycles. The van der Waals surface area contributed by atoms with Gasteiger partial charge in [-0.3, -0.25) is 4.79 Å². The second-order valence-electron chi connectivity index (χ2n) is 6.84. The third-order valence-electron chi connectivity index (χ3n) is 4.92. The summed E-state index contributed by atoms with van der Waals surface area (Å²) in [6.07, 6.45) is -4.81. The van der Waals surface area contributed by atoms with Crippen LogP contribution in [0.15, 0.2) is 83.7 Å². The van der Waals surface area contributed by atoms with E-state index in [0.29, 0.717) is 5.56 Å². The first kappa shape index (κ1) is 19.5. The van der Waals surface area contributed by atoms with Gasteiger partial charge >= 0.3 is 6.18 Å². The van der Waals surface area contributed by atoms with Crippen LogP contribution in [0.3, 0.4) is 0 Å². The van der Waals surface area contributed by atoms with E-state index in [2.05, 4.69) is 4.85 Å². The molecular weight excluding hydrogens is 389 g/mol. The maximum absolute atomic E-state index is 13.6. The van der Waals surface area contributed by atoms with Crippen molar-refractivity contribution < 1.29 is 13.2 Å². The Hall–Kier alpha value is -3.85. The Kier molecular flexibility index (Phi) is 4.88. The molecule has 0 fully saturated rings. The molecule has 0 atom stereocenters. The minimum atomic E-state index is -4.81. The zero-order valence-electron chi connectivity index (χ0n) is 15.6. The molecule has 30 heavy (non-hydrogen) atoms. The molecule has 0 unspecified atom stereocenters. The summed E-state index contributed by atoms with van der Waals surface area (Å²) in [5, 5.41) is 1.78. The minimum absolute atomic E-state index is 0.0580. The van der Waals surface area contributed by atoms with Crippen molar-refractivity contribution in [3.63, 3.8) is 0 Å². The molecule has 3 aromatic carbocycles. The van der Waals surface area contributed by atoms with Crippen LogP contribution >= 0.6 is 0 Å². The molecule has 0 saturated carbocycles. The first-order chi connectivity index (χ1) is 14.4. The zero-order valence-corrected chi connectivity index (χ0v) is 15.6. The molecule has 0 spiro atoms. The Morgan fingerprint density at radius 3 is 2.20 bits per heavy atom. The fraction of sp³-hybridized carbons (Fsp3) is 0.0833. The van der Waals surface area contributed by atoms with Gasteiger partial charge in [0.15, 0.2) is 0 Å². The van der Waals surface area contributed by atoms with Gasteiger partial charge in [0.05, 0.1) is 12.1 Å². The average molecular weight is 404 g/mol. The summed E-state index contributed by atoms with van der Waals surface area (Å²) in [5.41, 5.74) is -1.74. The van der Waals surface area contributed by atoms with Crippen LogP contribution in [0.4, 0.5) is 18.9 Å². The van der Waals surface area contributed by atoms with Gasteiger partial charge in [-0.1, -0.05) is 66.7 Å². The Bertz CT molecular complexity index is 1330. The molecule has 0 N–H and O–H groups in total. The Morgan fingerprint density at radius 1 is 0.867 bits per heavy atom. The Labute approximate surface area is 170 Å². The predicted octanol–water partition coefficient (Wildman–Crippen LogP) is 6.29. The smallest absolute Gasteiger partial charge is 0.313 e. The van der Waals surface area contributed by atoms with E-state index in [1.54, 1.807) is 42.5 Å². The molecular formula is C24H15F3N2O. The van der Waals surface area contributed by atoms with Crippen molar-refractivity contribution in [2.75, 3.05) is 0 Å². The van der Waals surface area contributed by atoms with Crippen LogP contribution in [-0.4, -0.2) is 4.57 Å². The van der Waals surface area contributed by atoms with E-state index >= 15 is 0 Å². The van der Waals surface area contributed by atoms with E-state index in [4.69, 9.17) is 6.57 Å². The molecule has 0 radical (unpaired) electrons. The number of nitrogens with zero attached hydrogens (tertiary/aromatic N) is 2. The molecule has 1 aromatic heterocycles. The number of fused-ring (bicyclic) bond motifs is 1. The van der Waals surface area contributed by atoms with Crippen LogP contribution < -0.4 is 5.56 Å². The minimum Gasteiger partial charge on any atom is -0.313 e. The molecule has 4 rings (SSSR count). The number of hydrogen-bond donors (Lipinski definition) is 0. The van der Waals surface area contributed by atoms with Gasteiger partial charge in [-0.05, 0) is 34.0 Å². The highest BCUT2D eigenvalue weighted by Gasteiger charge is 2.36. The van der Waals surface area contributed by atoms with E-state index in [9.17, 15) is 18.0 Å². The van der Waals surface area contributed by atoms with Crippen LogP contribution in [0.25, 0.3) is 26.9 Å². The summed E-state index contributed by atoms with van der Waals surface area (Å²) in [6.45, 7) is 7.23. The van der Waals surface area contributed by atoms with Crippen molar-refractivity contribution >= 4 is 16.5 Å². The summed E-state index contributed by atoms with van der Waals surface area (Å²) < 4.78 is 42.1. The molecule has 4 aromatic rings. The van der Waals surface area contributed by atoms with Gasteiger partial charge in [-0.2, -0.15) is 13.2 Å². The molecule has 6 heteroatoms. The second kappa shape index (κ2) is 7.53. The van der Waals surface area contributed by atoms with Gasteiger partial charge in [-0.25, -0.2) is 4.85 Å². The lowest BCUT2D eigenvalue weighted by Gasteiger charge is -2.18. The summed E-state index contributed by atoms with van der Waals surface area (Å²) >= 11 is 0. The average Bonchev–Trinajstić information content (AvgIpc) is 2.74. The lowest BCUT2D eigenvalue weighted by molar-refractivity contribution is -0.136. The fourth-order valence-electron chi connectivity index (χ4n) is 3.47. The highest BCUT2D eigenvalue weighted by atomic mass is 19.4. The van der Waals surface area contributed by atoms with Crippen LogP contribution in [0, 0.1) is 6.57 Å². The third kappa shape index (κ3) is 3.58. The first-order valence-electron chi connectivity index (χ1n) is 9.14. The van der Waals surface area contributed by atoms with E-state index in [1.165, 1.54) is 4.57 Å². The number of benzene rings is 3. The van der Waals surface area contributed by atoms with E-state index in [-0.39, 0.29) is 12.2 Å². The number of pyridine rings is 1. The lowest BCUT2D eigenvalue weighted by atomic mass is 10.0. The Balaban J connectivity index is 2.02. The fourth-order valence-corrected chi connectivity index (χ4v) is 3.47. The van der Waals surface area contributed by atoms with E-state index in [0.717, 1.165) is 22.4 Å². The molecule has 0 saturated heterocycles. The normalized spacial score (nSPS) is 11.4. The monoisotopic (exact) mass is 404 g/mol. The quantitative estimate of drug-likeness (QED) is 0.369. The topological polar surface area (TPSA) is 26.4 Å². The second-order valence-corrected chi connectivity index (χ2v) is 6.84. The maximum Gasteiger partial charge on any atom is 0.407 e. The molecule has 0 aliphatic rings.